The highest BCUT2D eigenvalue weighted by atomic mass is 35.5. The minimum absolute atomic E-state index is 0.0989. The molecule has 1 heterocycles. The van der Waals surface area contributed by atoms with E-state index in [1.54, 1.807) is 36.4 Å². The number of phenols is 2. The van der Waals surface area contributed by atoms with Crippen LogP contribution in [0.15, 0.2) is 66.7 Å². The summed E-state index contributed by atoms with van der Waals surface area (Å²) in [5.41, 5.74) is 0.612. The van der Waals surface area contributed by atoms with E-state index in [-0.39, 0.29) is 21.5 Å². The van der Waals surface area contributed by atoms with Crippen LogP contribution in [-0.4, -0.2) is 16.2 Å². The molecule has 0 saturated heterocycles. The van der Waals surface area contributed by atoms with Gasteiger partial charge < -0.3 is 14.9 Å². The Morgan fingerprint density at radius 3 is 1.94 bits per heavy atom. The van der Waals surface area contributed by atoms with Crippen molar-refractivity contribution in [1.29, 1.82) is 0 Å². The third-order valence-corrected chi connectivity index (χ3v) is 6.48. The van der Waals surface area contributed by atoms with Crippen LogP contribution in [-0.2, 0) is 10.3 Å². The van der Waals surface area contributed by atoms with Gasteiger partial charge in [-0.3, -0.25) is 0 Å². The van der Waals surface area contributed by atoms with Crippen molar-refractivity contribution in [1.82, 2.24) is 0 Å². The van der Waals surface area contributed by atoms with Gasteiger partial charge in [0.2, 0.25) is 0 Å². The normalized spacial score (nSPS) is 14.5. The van der Waals surface area contributed by atoms with Crippen molar-refractivity contribution >= 4 is 51.5 Å². The largest absolute Gasteiger partial charge is 0.506 e. The number of carbonyl (C=O) groups excluding carboxylic acids is 1. The number of benzene rings is 4. The Labute approximate surface area is 192 Å². The van der Waals surface area contributed by atoms with Crippen LogP contribution in [0.25, 0.3) is 10.8 Å². The number of ether oxygens (including phenoxy) is 1. The van der Waals surface area contributed by atoms with E-state index in [4.69, 9.17) is 39.5 Å². The molecule has 0 unspecified atom stereocenters. The molecule has 0 atom stereocenters. The first-order valence-corrected chi connectivity index (χ1v) is 10.4. The van der Waals surface area contributed by atoms with E-state index >= 15 is 0 Å². The molecule has 0 bridgehead atoms. The Bertz CT molecular complexity index is 1350. The fourth-order valence-corrected chi connectivity index (χ4v) is 4.71. The molecular formula is C24H13Cl3O4. The highest BCUT2D eigenvalue weighted by Gasteiger charge is 2.46. The van der Waals surface area contributed by atoms with Gasteiger partial charge >= 0.3 is 5.97 Å². The van der Waals surface area contributed by atoms with Crippen LogP contribution in [0, 0.1) is 0 Å². The van der Waals surface area contributed by atoms with Crippen LogP contribution in [0.2, 0.25) is 15.1 Å². The molecule has 4 aromatic carbocycles. The van der Waals surface area contributed by atoms with Crippen molar-refractivity contribution in [2.45, 2.75) is 5.60 Å². The average molecular weight is 472 g/mol. The van der Waals surface area contributed by atoms with Gasteiger partial charge in [0.05, 0.1) is 15.6 Å². The summed E-state index contributed by atoms with van der Waals surface area (Å²) in [7, 11) is 0. The molecule has 0 radical (unpaired) electrons. The van der Waals surface area contributed by atoms with Gasteiger partial charge in [-0.1, -0.05) is 65.1 Å². The molecule has 7 heteroatoms. The zero-order chi connectivity index (χ0) is 21.9. The summed E-state index contributed by atoms with van der Waals surface area (Å²) in [6.07, 6.45) is 0. The number of phenolic OH excluding ortho intramolecular Hbond substituents is 2. The summed E-state index contributed by atoms with van der Waals surface area (Å²) in [6, 6.07) is 18.0. The van der Waals surface area contributed by atoms with Crippen LogP contribution in [0.3, 0.4) is 0 Å². The lowest BCUT2D eigenvalue weighted by Crippen LogP contribution is -2.38. The number of halogens is 3. The lowest BCUT2D eigenvalue weighted by atomic mass is 9.75. The van der Waals surface area contributed by atoms with Gasteiger partial charge in [-0.15, -0.1) is 0 Å². The molecule has 0 fully saturated rings. The summed E-state index contributed by atoms with van der Waals surface area (Å²) in [4.78, 5) is 13.2. The molecule has 154 valence electrons. The van der Waals surface area contributed by atoms with Crippen molar-refractivity contribution in [2.24, 2.45) is 0 Å². The number of rotatable bonds is 2. The van der Waals surface area contributed by atoms with E-state index in [0.717, 1.165) is 0 Å². The van der Waals surface area contributed by atoms with Gasteiger partial charge in [0.25, 0.3) is 0 Å². The molecule has 0 spiro atoms. The number of hydrogen-bond acceptors (Lipinski definition) is 4. The number of aromatic hydroxyl groups is 2. The van der Waals surface area contributed by atoms with Crippen molar-refractivity contribution < 1.29 is 19.7 Å². The Hall–Kier alpha value is -2.92. The molecule has 31 heavy (non-hydrogen) atoms. The molecule has 0 aromatic heterocycles. The van der Waals surface area contributed by atoms with Crippen molar-refractivity contribution in [3.8, 4) is 11.5 Å². The van der Waals surface area contributed by atoms with Crippen LogP contribution >= 0.6 is 34.8 Å². The van der Waals surface area contributed by atoms with Gasteiger partial charge in [0.15, 0.2) is 5.60 Å². The number of carbonyl (C=O) groups is 1. The van der Waals surface area contributed by atoms with Gasteiger partial charge in [0.1, 0.15) is 11.5 Å². The molecule has 5 rings (SSSR count). The topological polar surface area (TPSA) is 66.8 Å². The van der Waals surface area contributed by atoms with E-state index in [9.17, 15) is 15.0 Å². The monoisotopic (exact) mass is 470 g/mol. The predicted octanol–water partition coefficient (Wildman–Crippen LogP) is 6.67. The van der Waals surface area contributed by atoms with Crippen LogP contribution in [0.4, 0.5) is 0 Å². The maximum absolute atomic E-state index is 13.2. The van der Waals surface area contributed by atoms with E-state index in [2.05, 4.69) is 0 Å². The SMILES string of the molecule is O=C1OC(c2ccc(O)c(Cl)c2)(c2ccc(O)c(Cl)c2)c2cccc3c(Cl)ccc1c23. The quantitative estimate of drug-likeness (QED) is 0.320. The first kappa shape index (κ1) is 20.0. The second-order valence-electron chi connectivity index (χ2n) is 7.23. The van der Waals surface area contributed by atoms with Crippen molar-refractivity contribution in [3.63, 3.8) is 0 Å². The van der Waals surface area contributed by atoms with Crippen molar-refractivity contribution in [2.75, 3.05) is 0 Å². The fraction of sp³-hybridized carbons (Fsp3) is 0.0417. The fourth-order valence-electron chi connectivity index (χ4n) is 4.13. The molecule has 0 saturated carbocycles. The highest BCUT2D eigenvalue weighted by molar-refractivity contribution is 6.36. The van der Waals surface area contributed by atoms with E-state index in [1.165, 1.54) is 12.1 Å². The smallest absolute Gasteiger partial charge is 0.340 e. The minimum Gasteiger partial charge on any atom is -0.506 e. The van der Waals surface area contributed by atoms with Crippen molar-refractivity contribution in [3.05, 3.63) is 104 Å². The summed E-state index contributed by atoms with van der Waals surface area (Å²) >= 11 is 18.9. The average Bonchev–Trinajstić information content (AvgIpc) is 2.76. The third kappa shape index (κ3) is 2.87. The maximum Gasteiger partial charge on any atom is 0.340 e. The molecule has 4 nitrogen and oxygen atoms in total. The Kier molecular flexibility index (Phi) is 4.56. The maximum atomic E-state index is 13.2. The first-order valence-electron chi connectivity index (χ1n) is 9.26. The van der Waals surface area contributed by atoms with Crippen LogP contribution in [0.1, 0.15) is 27.0 Å². The van der Waals surface area contributed by atoms with E-state index < -0.39 is 11.6 Å². The van der Waals surface area contributed by atoms with Gasteiger partial charge in [-0.25, -0.2) is 4.79 Å². The second kappa shape index (κ2) is 7.06. The lowest BCUT2D eigenvalue weighted by molar-refractivity contribution is 0.0125. The first-order chi connectivity index (χ1) is 14.8. The molecular weight excluding hydrogens is 459 g/mol. The summed E-state index contributed by atoms with van der Waals surface area (Å²) in [5, 5.41) is 22.0. The minimum atomic E-state index is -1.44. The predicted molar refractivity (Wildman–Crippen MR) is 120 cm³/mol. The molecule has 1 aliphatic rings. The Balaban J connectivity index is 1.96. The molecule has 2 N–H and O–H groups in total. The summed E-state index contributed by atoms with van der Waals surface area (Å²) in [6.45, 7) is 0. The third-order valence-electron chi connectivity index (χ3n) is 5.54. The highest BCUT2D eigenvalue weighted by Crippen LogP contribution is 2.50. The number of hydrogen-bond donors (Lipinski definition) is 2. The molecule has 4 aromatic rings. The zero-order valence-electron chi connectivity index (χ0n) is 15.7. The summed E-state index contributed by atoms with van der Waals surface area (Å²) in [5.74, 6) is -0.755. The molecule has 0 amide bonds. The standard InChI is InChI=1S/C24H13Cl3O4/c25-17-7-6-15-22-14(17)2-1-3-16(22)24(31-23(15)30,12-4-8-20(28)18(26)10-12)13-5-9-21(29)19(27)11-13/h1-11,28-29H. The molecule has 0 aliphatic carbocycles. The zero-order valence-corrected chi connectivity index (χ0v) is 18.0. The number of esters is 1. The molecule has 1 aliphatic heterocycles. The Morgan fingerprint density at radius 1 is 0.742 bits per heavy atom. The summed E-state index contributed by atoms with van der Waals surface area (Å²) < 4.78 is 6.13. The number of cyclic esters (lactones) is 1. The van der Waals surface area contributed by atoms with Gasteiger partial charge in [-0.05, 0) is 36.4 Å². The van der Waals surface area contributed by atoms with Gasteiger partial charge in [-0.2, -0.15) is 0 Å². The van der Waals surface area contributed by atoms with Gasteiger partial charge in [0, 0.05) is 32.5 Å². The van der Waals surface area contributed by atoms with E-state index in [0.29, 0.717) is 38.0 Å². The van der Waals surface area contributed by atoms with Crippen LogP contribution in [0.5, 0.6) is 11.5 Å². The Morgan fingerprint density at radius 2 is 1.35 bits per heavy atom. The van der Waals surface area contributed by atoms with E-state index in [1.807, 2.05) is 18.2 Å². The van der Waals surface area contributed by atoms with Crippen LogP contribution < -0.4 is 0 Å². The second-order valence-corrected chi connectivity index (χ2v) is 8.45. The lowest BCUT2D eigenvalue weighted by Gasteiger charge is -2.39.